The smallest absolute Gasteiger partial charge is 0.304 e. The molecule has 6 aromatic rings. The standard InChI is InChI=1S/C18H18N2O3.C17H18N2O5.C6H3F2NO2/c1-13-2-4-14(5-3-13)23-15-6-7-16-17(8-15)20(12-19-16)9-18(21)10-22-11-18;1-12-2-4-13(5-3-12)24-14-6-7-16(19(21)22)15(8-14)18-9-17(20)10-23-11-17;7-4-1-2-6(9(10)11)5(8)3-4/h2-8,12,21H,9-11H2,1H3;2-8,18,20H,9-11H2,1H3;1-3H/i2*9D2;. The minimum absolute atomic E-state index is 0.0424. The van der Waals surface area contributed by atoms with Gasteiger partial charge < -0.3 is 39.0 Å². The van der Waals surface area contributed by atoms with E-state index in [0.717, 1.165) is 23.3 Å². The first-order valence-electron chi connectivity index (χ1n) is 19.4. The van der Waals surface area contributed by atoms with Crippen molar-refractivity contribution in [3.63, 3.8) is 0 Å². The van der Waals surface area contributed by atoms with E-state index >= 15 is 0 Å². The molecule has 15 nitrogen and oxygen atoms in total. The Kier molecular flexibility index (Phi) is 11.0. The number of benzene rings is 5. The number of imidazole rings is 1. The van der Waals surface area contributed by atoms with E-state index in [9.17, 15) is 39.2 Å². The molecule has 302 valence electrons. The van der Waals surface area contributed by atoms with Crippen LogP contribution in [0.2, 0.25) is 0 Å². The van der Waals surface area contributed by atoms with Crippen molar-refractivity contribution in [3.8, 4) is 23.0 Å². The predicted molar refractivity (Wildman–Crippen MR) is 208 cm³/mol. The number of halogens is 2. The van der Waals surface area contributed by atoms with Crippen LogP contribution in [0.3, 0.4) is 0 Å². The molecule has 5 aromatic carbocycles. The fourth-order valence-electron chi connectivity index (χ4n) is 5.23. The van der Waals surface area contributed by atoms with Crippen LogP contribution in [0.25, 0.3) is 11.0 Å². The Labute approximate surface area is 335 Å². The van der Waals surface area contributed by atoms with Gasteiger partial charge in [0.25, 0.3) is 5.69 Å². The number of hydrogen-bond donors (Lipinski definition) is 3. The zero-order valence-corrected chi connectivity index (χ0v) is 30.9. The number of nitro benzene ring substituents is 2. The van der Waals surface area contributed by atoms with E-state index in [2.05, 4.69) is 10.3 Å². The van der Waals surface area contributed by atoms with Crippen LogP contribution in [0.15, 0.2) is 109 Å². The number of ether oxygens (including phenoxy) is 4. The topological polar surface area (TPSA) is 194 Å². The van der Waals surface area contributed by atoms with Gasteiger partial charge in [-0.25, -0.2) is 9.37 Å². The van der Waals surface area contributed by atoms with Gasteiger partial charge in [0, 0.05) is 36.8 Å². The molecule has 2 fully saturated rings. The number of nitrogens with zero attached hydrogens (tertiary/aromatic N) is 4. The summed E-state index contributed by atoms with van der Waals surface area (Å²) >= 11 is 0. The quantitative estimate of drug-likeness (QED) is 0.0858. The Morgan fingerprint density at radius 3 is 1.79 bits per heavy atom. The highest BCUT2D eigenvalue weighted by Gasteiger charge is 2.37. The number of aromatic nitrogens is 2. The summed E-state index contributed by atoms with van der Waals surface area (Å²) in [5, 5.41) is 44.3. The fraction of sp³-hybridized carbons (Fsp3) is 0.244. The molecule has 17 heteroatoms. The van der Waals surface area contributed by atoms with Crippen LogP contribution in [-0.4, -0.2) is 73.7 Å². The fourth-order valence-corrected chi connectivity index (χ4v) is 5.23. The lowest BCUT2D eigenvalue weighted by Crippen LogP contribution is -2.54. The SMILES string of the molecule is O=[N+]([O-])c1ccc(F)cc1F.[2H]C([2H])(Nc1cc(Oc2ccc(C)cc2)ccc1[N+](=O)[O-])C1(O)COC1.[2H]C([2H])(n1cnc2ccc(Oc3ccc(C)cc3)cc21)C1(O)COC1. The number of fused-ring (bicyclic) bond motifs is 1. The maximum Gasteiger partial charge on any atom is 0.304 e. The Hall–Kier alpha value is -6.53. The van der Waals surface area contributed by atoms with E-state index in [-0.39, 0.29) is 37.8 Å². The van der Waals surface area contributed by atoms with E-state index in [1.807, 2.05) is 50.2 Å². The number of rotatable bonds is 11. The maximum absolute atomic E-state index is 12.4. The van der Waals surface area contributed by atoms with Crippen LogP contribution in [0.1, 0.15) is 16.6 Å². The highest BCUT2D eigenvalue weighted by atomic mass is 19.1. The second-order valence-electron chi connectivity index (χ2n) is 13.3. The summed E-state index contributed by atoms with van der Waals surface area (Å²) in [6, 6.07) is 26.3. The molecule has 3 N–H and O–H groups in total. The Morgan fingerprint density at radius 2 is 1.28 bits per heavy atom. The second-order valence-corrected chi connectivity index (χ2v) is 13.3. The number of nitro groups is 2. The summed E-state index contributed by atoms with van der Waals surface area (Å²) < 4.78 is 80.1. The number of hydrogen-bond acceptors (Lipinski definition) is 12. The zero-order valence-electron chi connectivity index (χ0n) is 34.9. The molecule has 0 atom stereocenters. The molecule has 2 aliphatic rings. The number of nitrogens with one attached hydrogen (secondary N) is 1. The second kappa shape index (κ2) is 17.7. The van der Waals surface area contributed by atoms with E-state index in [1.165, 1.54) is 29.1 Å². The van der Waals surface area contributed by atoms with E-state index in [4.69, 9.17) is 24.4 Å². The Balaban J connectivity index is 0.000000168. The monoisotopic (exact) mass is 803 g/mol. The van der Waals surface area contributed by atoms with Gasteiger partial charge in [-0.3, -0.25) is 20.2 Å². The van der Waals surface area contributed by atoms with Gasteiger partial charge in [-0.1, -0.05) is 35.4 Å². The van der Waals surface area contributed by atoms with Gasteiger partial charge in [0.2, 0.25) is 5.82 Å². The average molecular weight is 804 g/mol. The number of anilines is 1. The van der Waals surface area contributed by atoms with Crippen molar-refractivity contribution in [2.45, 2.75) is 31.5 Å². The molecule has 0 unspecified atom stereocenters. The molecule has 0 aliphatic carbocycles. The normalized spacial score (nSPS) is 16.2. The first kappa shape index (κ1) is 35.9. The maximum atomic E-state index is 12.4. The van der Waals surface area contributed by atoms with Crippen LogP contribution in [-0.2, 0) is 16.0 Å². The van der Waals surface area contributed by atoms with Gasteiger partial charge in [-0.2, -0.15) is 4.39 Å². The molecule has 0 saturated carbocycles. The largest absolute Gasteiger partial charge is 0.457 e. The Bertz CT molecular complexity index is 2580. The lowest BCUT2D eigenvalue weighted by atomic mass is 10.0. The molecule has 0 amide bonds. The third-order valence-electron chi connectivity index (χ3n) is 8.42. The number of aryl methyl sites for hydroxylation is 2. The first-order chi connectivity index (χ1) is 29.2. The molecule has 0 bridgehead atoms. The van der Waals surface area contributed by atoms with Crippen molar-refractivity contribution in [1.29, 1.82) is 0 Å². The molecule has 2 aliphatic heterocycles. The van der Waals surface area contributed by atoms with Crippen molar-refractivity contribution in [3.05, 3.63) is 152 Å². The average Bonchev–Trinajstić information content (AvgIpc) is 3.62. The van der Waals surface area contributed by atoms with Crippen molar-refractivity contribution in [2.75, 3.05) is 38.2 Å². The van der Waals surface area contributed by atoms with Crippen molar-refractivity contribution < 1.29 is 53.3 Å². The van der Waals surface area contributed by atoms with E-state index in [1.54, 1.807) is 30.3 Å². The number of aliphatic hydroxyl groups is 2. The lowest BCUT2D eigenvalue weighted by Gasteiger charge is -2.36. The van der Waals surface area contributed by atoms with Crippen LogP contribution in [0.5, 0.6) is 23.0 Å². The molecule has 2 saturated heterocycles. The van der Waals surface area contributed by atoms with Crippen LogP contribution < -0.4 is 14.8 Å². The van der Waals surface area contributed by atoms with E-state index < -0.39 is 51.4 Å². The van der Waals surface area contributed by atoms with Crippen molar-refractivity contribution in [1.82, 2.24) is 9.55 Å². The lowest BCUT2D eigenvalue weighted by molar-refractivity contribution is -0.387. The molecule has 0 spiro atoms. The molecule has 1 aromatic heterocycles. The summed E-state index contributed by atoms with van der Waals surface area (Å²) in [4.78, 5) is 23.9. The highest BCUT2D eigenvalue weighted by Crippen LogP contribution is 2.33. The molecule has 8 rings (SSSR count). The molecule has 3 heterocycles. The minimum atomic E-state index is -2.32. The third kappa shape index (κ3) is 10.6. The van der Waals surface area contributed by atoms with Gasteiger partial charge in [-0.05, 0) is 62.4 Å². The third-order valence-corrected chi connectivity index (χ3v) is 8.42. The molecule has 0 radical (unpaired) electrons. The van der Waals surface area contributed by atoms with Gasteiger partial charge in [0.05, 0.1) is 65.6 Å². The van der Waals surface area contributed by atoms with Gasteiger partial charge in [0.1, 0.15) is 45.7 Å². The predicted octanol–water partition coefficient (Wildman–Crippen LogP) is 7.64. The Morgan fingerprint density at radius 1 is 0.759 bits per heavy atom. The molecule has 58 heavy (non-hydrogen) atoms. The molecular formula is C41H39F2N5O10. The van der Waals surface area contributed by atoms with E-state index in [0.29, 0.717) is 40.1 Å². The van der Waals surface area contributed by atoms with Crippen LogP contribution in [0.4, 0.5) is 25.8 Å². The summed E-state index contributed by atoms with van der Waals surface area (Å²) in [5.74, 6) is 0.137. The summed E-state index contributed by atoms with van der Waals surface area (Å²) in [5.41, 5.74) is -1.06. The van der Waals surface area contributed by atoms with Gasteiger partial charge >= 0.3 is 5.69 Å². The van der Waals surface area contributed by atoms with Gasteiger partial charge in [0.15, 0.2) is 0 Å². The molecular weight excluding hydrogens is 760 g/mol. The van der Waals surface area contributed by atoms with Crippen LogP contribution in [0, 0.1) is 45.7 Å². The summed E-state index contributed by atoms with van der Waals surface area (Å²) in [7, 11) is 0. The zero-order chi connectivity index (χ0) is 45.0. The minimum Gasteiger partial charge on any atom is -0.457 e. The van der Waals surface area contributed by atoms with Crippen molar-refractivity contribution >= 4 is 28.1 Å². The van der Waals surface area contributed by atoms with Gasteiger partial charge in [-0.15, -0.1) is 0 Å². The highest BCUT2D eigenvalue weighted by molar-refractivity contribution is 5.77. The summed E-state index contributed by atoms with van der Waals surface area (Å²) in [6.07, 6.45) is 1.40. The summed E-state index contributed by atoms with van der Waals surface area (Å²) in [6.45, 7) is -0.889. The van der Waals surface area contributed by atoms with Crippen LogP contribution >= 0.6 is 0 Å². The van der Waals surface area contributed by atoms with Crippen molar-refractivity contribution in [2.24, 2.45) is 0 Å². The first-order valence-corrected chi connectivity index (χ1v) is 17.4.